The number of para-hydroxylation sites is 1. The van der Waals surface area contributed by atoms with Gasteiger partial charge in [0.1, 0.15) is 21.0 Å². The zero-order chi connectivity index (χ0) is 29.6. The highest BCUT2D eigenvalue weighted by Gasteiger charge is 2.19. The molecular weight excluding hydrogens is 671 g/mol. The SMILES string of the molecule is COCCN1CCN(Cc2cnc3sc(-c4ccccc4NC(=O)c4cccc(-c5ccccc5CI)n4)nc3c2)CC1. The van der Waals surface area contributed by atoms with Crippen LogP contribution in [0.1, 0.15) is 21.6 Å². The van der Waals surface area contributed by atoms with Crippen molar-refractivity contribution in [2.45, 2.75) is 11.0 Å². The molecule has 1 amide bonds. The minimum absolute atomic E-state index is 0.259. The molecule has 0 radical (unpaired) electrons. The van der Waals surface area contributed by atoms with Crippen LogP contribution in [0.4, 0.5) is 5.69 Å². The minimum Gasteiger partial charge on any atom is -0.383 e. The summed E-state index contributed by atoms with van der Waals surface area (Å²) in [7, 11) is 1.75. The van der Waals surface area contributed by atoms with Gasteiger partial charge in [0.25, 0.3) is 5.91 Å². The molecular formula is C33H33IN6O2S. The highest BCUT2D eigenvalue weighted by atomic mass is 127. The number of carbonyl (C=O) groups is 1. The van der Waals surface area contributed by atoms with Gasteiger partial charge in [-0.05, 0) is 41.5 Å². The highest BCUT2D eigenvalue weighted by Crippen LogP contribution is 2.34. The van der Waals surface area contributed by atoms with Crippen LogP contribution >= 0.6 is 33.9 Å². The van der Waals surface area contributed by atoms with E-state index in [1.54, 1.807) is 13.2 Å². The number of amides is 1. The first-order chi connectivity index (χ1) is 21.1. The number of hydrogen-bond acceptors (Lipinski definition) is 8. The molecule has 0 aliphatic carbocycles. The number of benzene rings is 2. The third kappa shape index (κ3) is 7.10. The molecule has 1 N–H and O–H groups in total. The van der Waals surface area contributed by atoms with Crippen molar-refractivity contribution in [1.29, 1.82) is 0 Å². The lowest BCUT2D eigenvalue weighted by Gasteiger charge is -2.34. The summed E-state index contributed by atoms with van der Waals surface area (Å²) in [6.45, 7) is 6.77. The van der Waals surface area contributed by atoms with E-state index in [4.69, 9.17) is 19.7 Å². The summed E-state index contributed by atoms with van der Waals surface area (Å²) < 4.78 is 6.09. The molecule has 0 atom stereocenters. The number of nitrogens with one attached hydrogen (secondary N) is 1. The van der Waals surface area contributed by atoms with E-state index < -0.39 is 0 Å². The quantitative estimate of drug-likeness (QED) is 0.134. The average Bonchev–Trinajstić information content (AvgIpc) is 3.48. The molecule has 1 aliphatic heterocycles. The Balaban J connectivity index is 1.18. The van der Waals surface area contributed by atoms with Crippen molar-refractivity contribution in [3.63, 3.8) is 0 Å². The van der Waals surface area contributed by atoms with Gasteiger partial charge in [0, 0.05) is 68.1 Å². The number of hydrogen-bond donors (Lipinski definition) is 1. The summed E-state index contributed by atoms with van der Waals surface area (Å²) in [5.41, 5.74) is 6.97. The fourth-order valence-electron chi connectivity index (χ4n) is 5.28. The highest BCUT2D eigenvalue weighted by molar-refractivity contribution is 14.1. The number of thiazole rings is 1. The van der Waals surface area contributed by atoms with Crippen LogP contribution < -0.4 is 5.32 Å². The van der Waals surface area contributed by atoms with Gasteiger partial charge in [-0.3, -0.25) is 14.6 Å². The van der Waals surface area contributed by atoms with Crippen LogP contribution in [-0.2, 0) is 15.7 Å². The Morgan fingerprint density at radius 2 is 1.72 bits per heavy atom. The predicted octanol–water partition coefficient (Wildman–Crippen LogP) is 6.37. The number of pyridine rings is 2. The van der Waals surface area contributed by atoms with Crippen LogP contribution in [0.25, 0.3) is 32.2 Å². The van der Waals surface area contributed by atoms with Crippen molar-refractivity contribution in [3.8, 4) is 21.8 Å². The molecule has 1 aliphatic rings. The number of piperazine rings is 1. The molecule has 0 spiro atoms. The number of aromatic nitrogens is 3. The Labute approximate surface area is 269 Å². The summed E-state index contributed by atoms with van der Waals surface area (Å²) in [5, 5.41) is 3.90. The van der Waals surface area contributed by atoms with E-state index in [9.17, 15) is 4.79 Å². The molecule has 1 saturated heterocycles. The lowest BCUT2D eigenvalue weighted by Crippen LogP contribution is -2.46. The smallest absolute Gasteiger partial charge is 0.274 e. The van der Waals surface area contributed by atoms with E-state index in [0.29, 0.717) is 11.4 Å². The standard InChI is InChI=1S/C33H33IN6O2S/c1-42-18-17-39-13-15-40(16-14-39)22-23-19-30-33(35-21-23)43-32(38-30)26-9-4-5-10-28(26)37-31(41)29-12-6-11-27(36-29)25-8-3-2-7-24(25)20-34/h2-12,19,21H,13-18,20,22H2,1H3,(H,37,41). The second kappa shape index (κ2) is 14.0. The Bertz CT molecular complexity index is 1720. The molecule has 0 unspecified atom stereocenters. The molecule has 8 nitrogen and oxygen atoms in total. The van der Waals surface area contributed by atoms with Crippen molar-refractivity contribution in [2.75, 3.05) is 51.8 Å². The lowest BCUT2D eigenvalue weighted by atomic mass is 10.1. The molecule has 0 saturated carbocycles. The van der Waals surface area contributed by atoms with Crippen LogP contribution in [0.15, 0.2) is 79.0 Å². The minimum atomic E-state index is -0.259. The maximum Gasteiger partial charge on any atom is 0.274 e. The van der Waals surface area contributed by atoms with Gasteiger partial charge < -0.3 is 10.1 Å². The molecule has 4 heterocycles. The molecule has 6 rings (SSSR count). The molecule has 2 aromatic carbocycles. The van der Waals surface area contributed by atoms with E-state index in [1.165, 1.54) is 16.9 Å². The molecule has 5 aromatic rings. The maximum atomic E-state index is 13.4. The molecule has 1 fully saturated rings. The van der Waals surface area contributed by atoms with Gasteiger partial charge in [0.05, 0.1) is 18.0 Å². The number of anilines is 1. The first kappa shape index (κ1) is 29.8. The zero-order valence-corrected chi connectivity index (χ0v) is 27.0. The zero-order valence-electron chi connectivity index (χ0n) is 24.0. The van der Waals surface area contributed by atoms with Gasteiger partial charge in [0.2, 0.25) is 0 Å². The van der Waals surface area contributed by atoms with Crippen molar-refractivity contribution < 1.29 is 9.53 Å². The van der Waals surface area contributed by atoms with Gasteiger partial charge >= 0.3 is 0 Å². The first-order valence-electron chi connectivity index (χ1n) is 14.3. The number of halogens is 1. The topological polar surface area (TPSA) is 83.5 Å². The number of nitrogens with zero attached hydrogens (tertiary/aromatic N) is 5. The summed E-state index contributed by atoms with van der Waals surface area (Å²) >= 11 is 3.88. The van der Waals surface area contributed by atoms with Gasteiger partial charge in [-0.1, -0.05) is 76.4 Å². The van der Waals surface area contributed by atoms with Gasteiger partial charge in [0.15, 0.2) is 0 Å². The fourth-order valence-corrected chi connectivity index (χ4v) is 6.87. The van der Waals surface area contributed by atoms with Crippen molar-refractivity contribution in [3.05, 3.63) is 95.8 Å². The Morgan fingerprint density at radius 1 is 0.953 bits per heavy atom. The predicted molar refractivity (Wildman–Crippen MR) is 182 cm³/mol. The third-order valence-corrected chi connectivity index (χ3v) is 9.45. The summed E-state index contributed by atoms with van der Waals surface area (Å²) in [6, 6.07) is 23.6. The Hall–Kier alpha value is -3.29. The second-order valence-corrected chi connectivity index (χ2v) is 12.2. The van der Waals surface area contributed by atoms with E-state index in [2.05, 4.69) is 49.8 Å². The largest absolute Gasteiger partial charge is 0.383 e. The van der Waals surface area contributed by atoms with Crippen LogP contribution in [0.5, 0.6) is 0 Å². The number of rotatable bonds is 10. The van der Waals surface area contributed by atoms with Crippen molar-refractivity contribution >= 4 is 55.9 Å². The molecule has 0 bridgehead atoms. The normalized spacial score (nSPS) is 14.3. The lowest BCUT2D eigenvalue weighted by molar-refractivity contribution is 0.0938. The number of fused-ring (bicyclic) bond motifs is 1. The number of carbonyl (C=O) groups excluding carboxylic acids is 1. The van der Waals surface area contributed by atoms with Crippen LogP contribution in [0, 0.1) is 0 Å². The summed E-state index contributed by atoms with van der Waals surface area (Å²) in [4.78, 5) is 33.6. The number of alkyl halides is 1. The molecule has 10 heteroatoms. The summed E-state index contributed by atoms with van der Waals surface area (Å²) in [5.74, 6) is -0.259. The van der Waals surface area contributed by atoms with E-state index in [1.807, 2.05) is 60.8 Å². The Kier molecular flexibility index (Phi) is 9.69. The second-order valence-electron chi connectivity index (χ2n) is 10.5. The molecule has 3 aromatic heterocycles. The summed E-state index contributed by atoms with van der Waals surface area (Å²) in [6.07, 6.45) is 1.96. The number of methoxy groups -OCH3 is 1. The first-order valence-corrected chi connectivity index (χ1v) is 16.7. The van der Waals surface area contributed by atoms with Crippen LogP contribution in [0.3, 0.4) is 0 Å². The van der Waals surface area contributed by atoms with E-state index in [0.717, 1.165) is 88.0 Å². The maximum absolute atomic E-state index is 13.4. The fraction of sp³-hybridized carbons (Fsp3) is 0.273. The van der Waals surface area contributed by atoms with E-state index >= 15 is 0 Å². The van der Waals surface area contributed by atoms with E-state index in [-0.39, 0.29) is 5.91 Å². The van der Waals surface area contributed by atoms with Crippen molar-refractivity contribution in [1.82, 2.24) is 24.8 Å². The van der Waals surface area contributed by atoms with Crippen LogP contribution in [-0.4, -0.2) is 77.1 Å². The van der Waals surface area contributed by atoms with Crippen LogP contribution in [0.2, 0.25) is 0 Å². The third-order valence-electron chi connectivity index (χ3n) is 7.61. The number of ether oxygens (including phenoxy) is 1. The van der Waals surface area contributed by atoms with Crippen molar-refractivity contribution in [2.24, 2.45) is 0 Å². The van der Waals surface area contributed by atoms with Gasteiger partial charge in [-0.15, -0.1) is 0 Å². The van der Waals surface area contributed by atoms with Gasteiger partial charge in [-0.25, -0.2) is 15.0 Å². The average molecular weight is 705 g/mol. The van der Waals surface area contributed by atoms with Gasteiger partial charge in [-0.2, -0.15) is 0 Å². The molecule has 43 heavy (non-hydrogen) atoms. The monoisotopic (exact) mass is 704 g/mol. The molecule has 220 valence electrons. The Morgan fingerprint density at radius 3 is 2.53 bits per heavy atom.